The van der Waals surface area contributed by atoms with E-state index >= 15 is 0 Å². The maximum atomic E-state index is 13.1. The van der Waals surface area contributed by atoms with Gasteiger partial charge in [0.25, 0.3) is 5.91 Å². The van der Waals surface area contributed by atoms with Crippen LogP contribution in [0.4, 0.5) is 10.1 Å². The van der Waals surface area contributed by atoms with Crippen molar-refractivity contribution in [1.29, 1.82) is 0 Å². The highest BCUT2D eigenvalue weighted by Gasteiger charge is 2.21. The van der Waals surface area contributed by atoms with Gasteiger partial charge in [-0.05, 0) is 73.0 Å². The third-order valence-electron chi connectivity index (χ3n) is 3.73. The van der Waals surface area contributed by atoms with Gasteiger partial charge >= 0.3 is 5.97 Å². The second kappa shape index (κ2) is 7.78. The number of hydrogen-bond acceptors (Lipinski definition) is 3. The zero-order chi connectivity index (χ0) is 18.7. The molecule has 0 aliphatic heterocycles. The number of halogens is 2. The van der Waals surface area contributed by atoms with Crippen LogP contribution >= 0.6 is 15.9 Å². The molecule has 2 aromatic rings. The minimum atomic E-state index is -0.996. The van der Waals surface area contributed by atoms with Gasteiger partial charge in [0.1, 0.15) is 5.82 Å². The van der Waals surface area contributed by atoms with Gasteiger partial charge in [0.2, 0.25) is 0 Å². The summed E-state index contributed by atoms with van der Waals surface area (Å²) >= 11 is 3.11. The van der Waals surface area contributed by atoms with E-state index in [4.69, 9.17) is 4.74 Å². The Labute approximate surface area is 154 Å². The predicted molar refractivity (Wildman–Crippen MR) is 98.3 cm³/mol. The van der Waals surface area contributed by atoms with Crippen molar-refractivity contribution < 1.29 is 18.7 Å². The van der Waals surface area contributed by atoms with Crippen molar-refractivity contribution in [2.75, 3.05) is 5.32 Å². The zero-order valence-electron chi connectivity index (χ0n) is 14.4. The van der Waals surface area contributed by atoms with Gasteiger partial charge in [0.05, 0.1) is 5.56 Å². The van der Waals surface area contributed by atoms with Crippen LogP contribution in [-0.2, 0) is 9.53 Å². The van der Waals surface area contributed by atoms with E-state index in [2.05, 4.69) is 21.2 Å². The minimum absolute atomic E-state index is 0.156. The highest BCUT2D eigenvalue weighted by Crippen LogP contribution is 2.23. The number of amides is 1. The van der Waals surface area contributed by atoms with E-state index in [9.17, 15) is 14.0 Å². The summed E-state index contributed by atoms with van der Waals surface area (Å²) in [7, 11) is 0. The Morgan fingerprint density at radius 2 is 1.72 bits per heavy atom. The van der Waals surface area contributed by atoms with Crippen molar-refractivity contribution >= 4 is 33.5 Å². The molecule has 1 N–H and O–H groups in total. The first-order chi connectivity index (χ1) is 11.7. The average Bonchev–Trinajstić information content (AvgIpc) is 2.50. The van der Waals surface area contributed by atoms with Gasteiger partial charge in [-0.25, -0.2) is 9.18 Å². The molecule has 0 saturated carbocycles. The fourth-order valence-electron chi connectivity index (χ4n) is 2.53. The molecule has 0 aliphatic rings. The Balaban J connectivity index is 2.09. The summed E-state index contributed by atoms with van der Waals surface area (Å²) in [4.78, 5) is 24.5. The number of esters is 1. The minimum Gasteiger partial charge on any atom is -0.449 e. The molecule has 0 radical (unpaired) electrons. The molecule has 0 aliphatic carbocycles. The number of carbonyl (C=O) groups excluding carboxylic acids is 2. The fourth-order valence-corrected chi connectivity index (χ4v) is 3.05. The van der Waals surface area contributed by atoms with Crippen molar-refractivity contribution in [2.45, 2.75) is 33.8 Å². The summed E-state index contributed by atoms with van der Waals surface area (Å²) in [6.07, 6.45) is -0.996. The Morgan fingerprint density at radius 3 is 2.28 bits per heavy atom. The van der Waals surface area contributed by atoms with Crippen LogP contribution in [0.25, 0.3) is 0 Å². The molecule has 4 nitrogen and oxygen atoms in total. The SMILES string of the molecule is Cc1cc(C)c(NC(=O)[C@@H](C)OC(=O)c2ccc(F)cc2Br)c(C)c1. The smallest absolute Gasteiger partial charge is 0.340 e. The number of hydrogen-bond donors (Lipinski definition) is 1. The molecule has 0 heterocycles. The van der Waals surface area contributed by atoms with Crippen LogP contribution in [0.5, 0.6) is 0 Å². The molecule has 25 heavy (non-hydrogen) atoms. The number of ether oxygens (including phenoxy) is 1. The maximum absolute atomic E-state index is 13.1. The number of anilines is 1. The molecule has 0 saturated heterocycles. The molecule has 1 atom stereocenters. The lowest BCUT2D eigenvalue weighted by molar-refractivity contribution is -0.123. The van der Waals surface area contributed by atoms with E-state index in [1.54, 1.807) is 0 Å². The lowest BCUT2D eigenvalue weighted by Gasteiger charge is -2.17. The van der Waals surface area contributed by atoms with Gasteiger partial charge in [-0.1, -0.05) is 17.7 Å². The molecule has 2 aromatic carbocycles. The Bertz CT molecular complexity index is 812. The average molecular weight is 408 g/mol. The second-order valence-corrected chi connectivity index (χ2v) is 6.79. The number of benzene rings is 2. The third-order valence-corrected chi connectivity index (χ3v) is 4.39. The highest BCUT2D eigenvalue weighted by atomic mass is 79.9. The van der Waals surface area contributed by atoms with E-state index in [1.807, 2.05) is 32.9 Å². The van der Waals surface area contributed by atoms with Crippen molar-refractivity contribution in [3.05, 3.63) is 62.9 Å². The number of aryl methyl sites for hydroxylation is 3. The number of rotatable bonds is 4. The van der Waals surface area contributed by atoms with Crippen LogP contribution in [0.1, 0.15) is 34.0 Å². The molecule has 0 spiro atoms. The quantitative estimate of drug-likeness (QED) is 0.747. The summed E-state index contributed by atoms with van der Waals surface area (Å²) in [5.41, 5.74) is 3.84. The Kier molecular flexibility index (Phi) is 5.95. The topological polar surface area (TPSA) is 55.4 Å². The van der Waals surface area contributed by atoms with Crippen LogP contribution in [0, 0.1) is 26.6 Å². The second-order valence-electron chi connectivity index (χ2n) is 5.93. The lowest BCUT2D eigenvalue weighted by Crippen LogP contribution is -2.30. The Hall–Kier alpha value is -2.21. The summed E-state index contributed by atoms with van der Waals surface area (Å²) in [6, 6.07) is 7.57. The Morgan fingerprint density at radius 1 is 1.12 bits per heavy atom. The molecular formula is C19H19BrFNO3. The zero-order valence-corrected chi connectivity index (χ0v) is 16.0. The molecule has 132 valence electrons. The van der Waals surface area contributed by atoms with E-state index in [-0.39, 0.29) is 10.0 Å². The largest absolute Gasteiger partial charge is 0.449 e. The van der Waals surface area contributed by atoms with Gasteiger partial charge in [-0.2, -0.15) is 0 Å². The van der Waals surface area contributed by atoms with Crippen molar-refractivity contribution in [1.82, 2.24) is 0 Å². The van der Waals surface area contributed by atoms with E-state index in [0.29, 0.717) is 5.69 Å². The maximum Gasteiger partial charge on any atom is 0.340 e. The van der Waals surface area contributed by atoms with Crippen LogP contribution in [0.2, 0.25) is 0 Å². The highest BCUT2D eigenvalue weighted by molar-refractivity contribution is 9.10. The first kappa shape index (κ1) is 19.1. The number of carbonyl (C=O) groups is 2. The molecule has 0 fully saturated rings. The van der Waals surface area contributed by atoms with Crippen molar-refractivity contribution in [3.63, 3.8) is 0 Å². The normalized spacial score (nSPS) is 11.8. The van der Waals surface area contributed by atoms with Crippen LogP contribution in [0.15, 0.2) is 34.8 Å². The van der Waals surface area contributed by atoms with Gasteiger partial charge in [0, 0.05) is 10.2 Å². The summed E-state index contributed by atoms with van der Waals surface area (Å²) in [6.45, 7) is 7.28. The monoisotopic (exact) mass is 407 g/mol. The van der Waals surface area contributed by atoms with Crippen LogP contribution < -0.4 is 5.32 Å². The van der Waals surface area contributed by atoms with E-state index < -0.39 is 23.8 Å². The van der Waals surface area contributed by atoms with Crippen LogP contribution in [0.3, 0.4) is 0 Å². The summed E-state index contributed by atoms with van der Waals surface area (Å²) in [5.74, 6) is -1.60. The van der Waals surface area contributed by atoms with Gasteiger partial charge in [-0.3, -0.25) is 4.79 Å². The molecule has 2 rings (SSSR count). The summed E-state index contributed by atoms with van der Waals surface area (Å²) in [5, 5.41) is 2.80. The van der Waals surface area contributed by atoms with Gasteiger partial charge < -0.3 is 10.1 Å². The summed E-state index contributed by atoms with van der Waals surface area (Å²) < 4.78 is 18.6. The van der Waals surface area contributed by atoms with Crippen molar-refractivity contribution in [2.24, 2.45) is 0 Å². The molecule has 6 heteroatoms. The van der Waals surface area contributed by atoms with Gasteiger partial charge in [0.15, 0.2) is 6.10 Å². The lowest BCUT2D eigenvalue weighted by atomic mass is 10.0. The third kappa shape index (κ3) is 4.66. The number of nitrogens with one attached hydrogen (secondary N) is 1. The fraction of sp³-hybridized carbons (Fsp3) is 0.263. The van der Waals surface area contributed by atoms with Crippen LogP contribution in [-0.4, -0.2) is 18.0 Å². The van der Waals surface area contributed by atoms with Gasteiger partial charge in [-0.15, -0.1) is 0 Å². The molecular weight excluding hydrogens is 389 g/mol. The standard InChI is InChI=1S/C19H19BrFNO3/c1-10-7-11(2)17(12(3)8-10)22-18(23)13(4)25-19(24)15-6-5-14(21)9-16(15)20/h5-9,13H,1-4H3,(H,22,23)/t13-/m1/s1. The first-order valence-corrected chi connectivity index (χ1v) is 8.53. The van der Waals surface area contributed by atoms with E-state index in [1.165, 1.54) is 19.1 Å². The molecule has 0 bridgehead atoms. The molecule has 0 aromatic heterocycles. The first-order valence-electron chi connectivity index (χ1n) is 7.73. The van der Waals surface area contributed by atoms with E-state index in [0.717, 1.165) is 22.8 Å². The predicted octanol–water partition coefficient (Wildman–Crippen LogP) is 4.70. The molecule has 0 unspecified atom stereocenters. The molecule has 1 amide bonds. The van der Waals surface area contributed by atoms with Crippen molar-refractivity contribution in [3.8, 4) is 0 Å².